The van der Waals surface area contributed by atoms with Crippen LogP contribution < -0.4 is 5.73 Å². The molecule has 0 saturated heterocycles. The predicted molar refractivity (Wildman–Crippen MR) is 62.6 cm³/mol. The van der Waals surface area contributed by atoms with Gasteiger partial charge >= 0.3 is 0 Å². The lowest BCUT2D eigenvalue weighted by Crippen LogP contribution is -2.22. The van der Waals surface area contributed by atoms with Gasteiger partial charge in [0.25, 0.3) is 0 Å². The van der Waals surface area contributed by atoms with E-state index in [0.29, 0.717) is 4.90 Å². The maximum atomic E-state index is 11.9. The van der Waals surface area contributed by atoms with E-state index in [1.165, 1.54) is 24.0 Å². The number of sulfonamides is 1. The summed E-state index contributed by atoms with van der Waals surface area (Å²) in [5.41, 5.74) is 8.07. The molecule has 0 bridgehead atoms. The topological polar surface area (TPSA) is 63.4 Å². The second kappa shape index (κ2) is 3.84. The summed E-state index contributed by atoms with van der Waals surface area (Å²) in [6.45, 7) is 0. The second-order valence-electron chi connectivity index (χ2n) is 4.29. The number of hydrogen-bond donors (Lipinski definition) is 1. The van der Waals surface area contributed by atoms with Crippen LogP contribution in [0.1, 0.15) is 23.6 Å². The molecule has 1 unspecified atom stereocenters. The first-order chi connectivity index (χ1) is 7.43. The minimum Gasteiger partial charge on any atom is -0.324 e. The highest BCUT2D eigenvalue weighted by atomic mass is 32.2. The Balaban J connectivity index is 2.51. The molecular weight excluding hydrogens is 224 g/mol. The van der Waals surface area contributed by atoms with Crippen LogP contribution >= 0.6 is 0 Å². The maximum Gasteiger partial charge on any atom is 0.242 e. The van der Waals surface area contributed by atoms with Gasteiger partial charge in [0.15, 0.2) is 0 Å². The Morgan fingerprint density at radius 1 is 1.38 bits per heavy atom. The molecule has 2 rings (SSSR count). The van der Waals surface area contributed by atoms with E-state index in [1.807, 2.05) is 6.07 Å². The summed E-state index contributed by atoms with van der Waals surface area (Å²) in [5, 5.41) is 0. The van der Waals surface area contributed by atoms with Crippen molar-refractivity contribution in [1.29, 1.82) is 0 Å². The molecule has 0 fully saturated rings. The van der Waals surface area contributed by atoms with Crippen LogP contribution in [0.15, 0.2) is 23.1 Å². The monoisotopic (exact) mass is 240 g/mol. The van der Waals surface area contributed by atoms with E-state index >= 15 is 0 Å². The van der Waals surface area contributed by atoms with Gasteiger partial charge in [-0.1, -0.05) is 6.07 Å². The number of rotatable bonds is 2. The minimum absolute atomic E-state index is 0.0210. The van der Waals surface area contributed by atoms with E-state index in [9.17, 15) is 8.42 Å². The molecule has 1 aromatic rings. The molecule has 0 aliphatic heterocycles. The molecule has 1 aliphatic rings. The van der Waals surface area contributed by atoms with Crippen molar-refractivity contribution in [2.24, 2.45) is 5.73 Å². The number of aryl methyl sites for hydroxylation is 1. The van der Waals surface area contributed by atoms with Crippen molar-refractivity contribution in [1.82, 2.24) is 4.31 Å². The molecule has 0 radical (unpaired) electrons. The Labute approximate surface area is 96.1 Å². The number of hydrogen-bond acceptors (Lipinski definition) is 3. The van der Waals surface area contributed by atoms with Gasteiger partial charge < -0.3 is 5.73 Å². The van der Waals surface area contributed by atoms with E-state index in [0.717, 1.165) is 18.4 Å². The average molecular weight is 240 g/mol. The summed E-state index contributed by atoms with van der Waals surface area (Å²) in [5.74, 6) is 0. The van der Waals surface area contributed by atoms with Crippen LogP contribution in [0.3, 0.4) is 0 Å². The SMILES string of the molecule is CN(C)S(=O)(=O)c1ccc2c(c1)C(N)CC2. The maximum absolute atomic E-state index is 11.9. The van der Waals surface area contributed by atoms with Crippen LogP contribution in [0.2, 0.25) is 0 Å². The lowest BCUT2D eigenvalue weighted by atomic mass is 10.1. The fourth-order valence-electron chi connectivity index (χ4n) is 1.98. The standard InChI is InChI=1S/C11H16N2O2S/c1-13(2)16(14,15)9-5-3-8-4-6-11(12)10(8)7-9/h3,5,7,11H,4,6,12H2,1-2H3. The molecule has 1 atom stereocenters. The van der Waals surface area contributed by atoms with E-state index < -0.39 is 10.0 Å². The van der Waals surface area contributed by atoms with Gasteiger partial charge in [-0.25, -0.2) is 12.7 Å². The van der Waals surface area contributed by atoms with Crippen LogP contribution in [0.4, 0.5) is 0 Å². The fourth-order valence-corrected chi connectivity index (χ4v) is 2.92. The lowest BCUT2D eigenvalue weighted by molar-refractivity contribution is 0.520. The first kappa shape index (κ1) is 11.6. The number of nitrogens with zero attached hydrogens (tertiary/aromatic N) is 1. The molecule has 1 aliphatic carbocycles. The first-order valence-corrected chi connectivity index (χ1v) is 6.68. The summed E-state index contributed by atoms with van der Waals surface area (Å²) in [6, 6.07) is 5.22. The normalized spacial score (nSPS) is 20.1. The van der Waals surface area contributed by atoms with Gasteiger partial charge in [-0.2, -0.15) is 0 Å². The van der Waals surface area contributed by atoms with Crippen LogP contribution in [0, 0.1) is 0 Å². The third-order valence-corrected chi connectivity index (χ3v) is 4.83. The Hall–Kier alpha value is -0.910. The Morgan fingerprint density at radius 3 is 2.69 bits per heavy atom. The molecule has 0 amide bonds. The molecule has 0 aromatic heterocycles. The molecule has 5 heteroatoms. The zero-order valence-corrected chi connectivity index (χ0v) is 10.3. The molecule has 0 saturated carbocycles. The van der Waals surface area contributed by atoms with Crippen LogP contribution in [-0.4, -0.2) is 26.8 Å². The number of fused-ring (bicyclic) bond motifs is 1. The van der Waals surface area contributed by atoms with Gasteiger partial charge in [-0.3, -0.25) is 0 Å². The van der Waals surface area contributed by atoms with Crippen LogP contribution in [0.25, 0.3) is 0 Å². The Morgan fingerprint density at radius 2 is 2.06 bits per heavy atom. The quantitative estimate of drug-likeness (QED) is 0.834. The van der Waals surface area contributed by atoms with Gasteiger partial charge in [0.1, 0.15) is 0 Å². The lowest BCUT2D eigenvalue weighted by Gasteiger charge is -2.13. The Bertz CT molecular complexity index is 509. The summed E-state index contributed by atoms with van der Waals surface area (Å²) in [4.78, 5) is 0.327. The molecule has 88 valence electrons. The van der Waals surface area contributed by atoms with Crippen molar-refractivity contribution >= 4 is 10.0 Å². The molecule has 0 spiro atoms. The highest BCUT2D eigenvalue weighted by Crippen LogP contribution is 2.31. The molecular formula is C11H16N2O2S. The van der Waals surface area contributed by atoms with Crippen molar-refractivity contribution < 1.29 is 8.42 Å². The van der Waals surface area contributed by atoms with Gasteiger partial charge in [0.05, 0.1) is 4.90 Å². The zero-order chi connectivity index (χ0) is 11.9. The van der Waals surface area contributed by atoms with Gasteiger partial charge in [0, 0.05) is 20.1 Å². The van der Waals surface area contributed by atoms with E-state index in [-0.39, 0.29) is 6.04 Å². The molecule has 1 aromatic carbocycles. The molecule has 16 heavy (non-hydrogen) atoms. The number of benzene rings is 1. The van der Waals surface area contributed by atoms with Crippen molar-refractivity contribution in [3.05, 3.63) is 29.3 Å². The summed E-state index contributed by atoms with van der Waals surface area (Å²) in [6.07, 6.45) is 1.85. The van der Waals surface area contributed by atoms with E-state index in [1.54, 1.807) is 12.1 Å². The van der Waals surface area contributed by atoms with Crippen molar-refractivity contribution in [2.45, 2.75) is 23.8 Å². The predicted octanol–water partition coefficient (Wildman–Crippen LogP) is 0.883. The second-order valence-corrected chi connectivity index (χ2v) is 6.45. The van der Waals surface area contributed by atoms with E-state index in [2.05, 4.69) is 0 Å². The van der Waals surface area contributed by atoms with Gasteiger partial charge in [-0.05, 0) is 36.1 Å². The van der Waals surface area contributed by atoms with Crippen LogP contribution in [0.5, 0.6) is 0 Å². The number of nitrogens with two attached hydrogens (primary N) is 1. The first-order valence-electron chi connectivity index (χ1n) is 5.24. The average Bonchev–Trinajstić information content (AvgIpc) is 2.60. The van der Waals surface area contributed by atoms with E-state index in [4.69, 9.17) is 5.73 Å². The van der Waals surface area contributed by atoms with Crippen molar-refractivity contribution in [3.8, 4) is 0 Å². The zero-order valence-electron chi connectivity index (χ0n) is 9.47. The largest absolute Gasteiger partial charge is 0.324 e. The van der Waals surface area contributed by atoms with Crippen molar-refractivity contribution in [2.75, 3.05) is 14.1 Å². The highest BCUT2D eigenvalue weighted by Gasteiger charge is 2.23. The van der Waals surface area contributed by atoms with Gasteiger partial charge in [-0.15, -0.1) is 0 Å². The minimum atomic E-state index is -3.34. The van der Waals surface area contributed by atoms with Crippen molar-refractivity contribution in [3.63, 3.8) is 0 Å². The molecule has 0 heterocycles. The highest BCUT2D eigenvalue weighted by molar-refractivity contribution is 7.89. The third kappa shape index (κ3) is 1.75. The Kier molecular flexibility index (Phi) is 2.77. The van der Waals surface area contributed by atoms with Crippen LogP contribution in [-0.2, 0) is 16.4 Å². The summed E-state index contributed by atoms with van der Waals surface area (Å²) < 4.78 is 25.1. The fraction of sp³-hybridized carbons (Fsp3) is 0.455. The smallest absolute Gasteiger partial charge is 0.242 e. The van der Waals surface area contributed by atoms with Gasteiger partial charge in [0.2, 0.25) is 10.0 Å². The summed E-state index contributed by atoms with van der Waals surface area (Å²) in [7, 11) is -0.284. The summed E-state index contributed by atoms with van der Waals surface area (Å²) >= 11 is 0. The molecule has 2 N–H and O–H groups in total. The molecule has 4 nitrogen and oxygen atoms in total. The third-order valence-electron chi connectivity index (χ3n) is 3.02.